The van der Waals surface area contributed by atoms with E-state index in [1.54, 1.807) is 33.8 Å². The largest absolute Gasteiger partial charge is 0.481 e. The van der Waals surface area contributed by atoms with Gasteiger partial charge in [-0.2, -0.15) is 4.31 Å². The monoisotopic (exact) mass is 333 g/mol. The molecule has 1 aromatic rings. The summed E-state index contributed by atoms with van der Waals surface area (Å²) < 4.78 is 26.8. The molecule has 0 saturated carbocycles. The molecule has 0 radical (unpaired) electrons. The molecular weight excluding hydrogens is 314 g/mol. The number of benzene rings is 1. The Labute approximate surface area is 130 Å². The van der Waals surface area contributed by atoms with Gasteiger partial charge in [0.15, 0.2) is 0 Å². The molecule has 0 fully saturated rings. The zero-order valence-electron chi connectivity index (χ0n) is 12.6. The van der Waals surface area contributed by atoms with E-state index in [9.17, 15) is 13.2 Å². The van der Waals surface area contributed by atoms with Crippen molar-refractivity contribution in [3.63, 3.8) is 0 Å². The Morgan fingerprint density at radius 3 is 2.33 bits per heavy atom. The lowest BCUT2D eigenvalue weighted by atomic mass is 10.1. The van der Waals surface area contributed by atoms with Crippen molar-refractivity contribution < 1.29 is 18.3 Å². The van der Waals surface area contributed by atoms with Gasteiger partial charge in [-0.1, -0.05) is 11.6 Å². The van der Waals surface area contributed by atoms with Gasteiger partial charge in [0.1, 0.15) is 0 Å². The van der Waals surface area contributed by atoms with E-state index in [0.29, 0.717) is 10.6 Å². The predicted molar refractivity (Wildman–Crippen MR) is 82.1 cm³/mol. The van der Waals surface area contributed by atoms with Crippen molar-refractivity contribution in [1.29, 1.82) is 0 Å². The van der Waals surface area contributed by atoms with E-state index in [1.807, 2.05) is 0 Å². The molecule has 21 heavy (non-hydrogen) atoms. The van der Waals surface area contributed by atoms with Crippen molar-refractivity contribution >= 4 is 27.6 Å². The Morgan fingerprint density at radius 1 is 1.33 bits per heavy atom. The smallest absolute Gasteiger partial charge is 0.304 e. The Morgan fingerprint density at radius 2 is 1.90 bits per heavy atom. The van der Waals surface area contributed by atoms with Crippen LogP contribution in [0.1, 0.15) is 32.8 Å². The summed E-state index contributed by atoms with van der Waals surface area (Å²) in [6, 6.07) is 4.54. The maximum absolute atomic E-state index is 12.8. The van der Waals surface area contributed by atoms with Crippen LogP contribution in [-0.2, 0) is 14.8 Å². The Hall–Kier alpha value is -1.11. The van der Waals surface area contributed by atoms with Gasteiger partial charge in [0.2, 0.25) is 10.0 Å². The van der Waals surface area contributed by atoms with Crippen LogP contribution in [0, 0.1) is 6.92 Å². The average molecular weight is 334 g/mol. The molecule has 5 nitrogen and oxygen atoms in total. The maximum atomic E-state index is 12.8. The summed E-state index contributed by atoms with van der Waals surface area (Å²) in [5.74, 6) is -1.03. The number of sulfonamides is 1. The van der Waals surface area contributed by atoms with E-state index >= 15 is 0 Å². The molecule has 0 atom stereocenters. The first kappa shape index (κ1) is 17.9. The fourth-order valence-electron chi connectivity index (χ4n) is 2.03. The standard InChI is InChI=1S/C14H20ClNO4S/c1-10-9-11(15)5-6-12(10)21(19,20)16(14(2,3)4)8-7-13(17)18/h5-6,9H,7-8H2,1-4H3,(H,17,18). The molecule has 1 N–H and O–H groups in total. The molecule has 7 heteroatoms. The summed E-state index contributed by atoms with van der Waals surface area (Å²) in [7, 11) is -3.79. The highest BCUT2D eigenvalue weighted by Gasteiger charge is 2.34. The molecule has 0 saturated heterocycles. The molecule has 0 aliphatic rings. The van der Waals surface area contributed by atoms with Gasteiger partial charge in [-0.15, -0.1) is 0 Å². The molecule has 0 unspecified atom stereocenters. The fourth-order valence-corrected chi connectivity index (χ4v) is 4.26. The molecule has 0 aliphatic carbocycles. The first-order valence-corrected chi connectivity index (χ1v) is 8.29. The molecule has 0 aromatic heterocycles. The van der Waals surface area contributed by atoms with Gasteiger partial charge in [-0.25, -0.2) is 8.42 Å². The van der Waals surface area contributed by atoms with Crippen molar-refractivity contribution in [1.82, 2.24) is 4.31 Å². The normalized spacial score (nSPS) is 12.7. The molecule has 0 bridgehead atoms. The van der Waals surface area contributed by atoms with Crippen LogP contribution in [-0.4, -0.2) is 35.9 Å². The summed E-state index contributed by atoms with van der Waals surface area (Å²) in [6.45, 7) is 6.78. The minimum absolute atomic E-state index is 0.0801. The van der Waals surface area contributed by atoms with Gasteiger partial charge in [0.25, 0.3) is 0 Å². The van der Waals surface area contributed by atoms with Crippen LogP contribution in [0.3, 0.4) is 0 Å². The van der Waals surface area contributed by atoms with Gasteiger partial charge in [0.05, 0.1) is 11.3 Å². The number of rotatable bonds is 5. The first-order valence-electron chi connectivity index (χ1n) is 6.47. The molecular formula is C14H20ClNO4S. The maximum Gasteiger partial charge on any atom is 0.304 e. The Bertz CT molecular complexity index is 635. The topological polar surface area (TPSA) is 74.7 Å². The lowest BCUT2D eigenvalue weighted by Crippen LogP contribution is -2.46. The highest BCUT2D eigenvalue weighted by atomic mass is 35.5. The summed E-state index contributed by atoms with van der Waals surface area (Å²) in [5, 5.41) is 9.27. The summed E-state index contributed by atoms with van der Waals surface area (Å²) in [4.78, 5) is 10.9. The van der Waals surface area contributed by atoms with Crippen LogP contribution in [0.5, 0.6) is 0 Å². The van der Waals surface area contributed by atoms with Crippen LogP contribution in [0.25, 0.3) is 0 Å². The SMILES string of the molecule is Cc1cc(Cl)ccc1S(=O)(=O)N(CCC(=O)O)C(C)(C)C. The van der Waals surface area contributed by atoms with Crippen LogP contribution >= 0.6 is 11.6 Å². The summed E-state index contributed by atoms with van der Waals surface area (Å²) in [6.07, 6.45) is -0.247. The van der Waals surface area contributed by atoms with E-state index in [1.165, 1.54) is 16.4 Å². The van der Waals surface area contributed by atoms with Crippen molar-refractivity contribution in [3.05, 3.63) is 28.8 Å². The zero-order valence-corrected chi connectivity index (χ0v) is 14.1. The van der Waals surface area contributed by atoms with E-state index in [2.05, 4.69) is 0 Å². The number of hydrogen-bond acceptors (Lipinski definition) is 3. The molecule has 118 valence electrons. The number of aryl methyl sites for hydroxylation is 1. The molecule has 1 aromatic carbocycles. The van der Waals surface area contributed by atoms with Gasteiger partial charge >= 0.3 is 5.97 Å². The number of nitrogens with zero attached hydrogens (tertiary/aromatic N) is 1. The number of hydrogen-bond donors (Lipinski definition) is 1. The number of carboxylic acids is 1. The molecule has 0 aliphatic heterocycles. The number of carboxylic acid groups (broad SMARTS) is 1. The quantitative estimate of drug-likeness (QED) is 0.899. The second-order valence-corrected chi connectivity index (χ2v) is 8.07. The van der Waals surface area contributed by atoms with Crippen molar-refractivity contribution in [3.8, 4) is 0 Å². The van der Waals surface area contributed by atoms with E-state index in [-0.39, 0.29) is 17.9 Å². The third-order valence-corrected chi connectivity index (χ3v) is 5.54. The highest BCUT2D eigenvalue weighted by molar-refractivity contribution is 7.89. The van der Waals surface area contributed by atoms with Crippen LogP contribution in [0.2, 0.25) is 5.02 Å². The molecule has 0 heterocycles. The van der Waals surface area contributed by atoms with Crippen LogP contribution in [0.4, 0.5) is 0 Å². The van der Waals surface area contributed by atoms with Gasteiger partial charge < -0.3 is 5.11 Å². The Balaban J connectivity index is 3.30. The van der Waals surface area contributed by atoms with Crippen molar-refractivity contribution in [2.45, 2.75) is 44.6 Å². The average Bonchev–Trinajstić information content (AvgIpc) is 2.25. The lowest BCUT2D eigenvalue weighted by Gasteiger charge is -2.34. The van der Waals surface area contributed by atoms with Crippen molar-refractivity contribution in [2.75, 3.05) is 6.54 Å². The van der Waals surface area contributed by atoms with Crippen LogP contribution < -0.4 is 0 Å². The Kier molecular flexibility index (Phi) is 5.41. The third-order valence-electron chi connectivity index (χ3n) is 2.98. The van der Waals surface area contributed by atoms with E-state index in [0.717, 1.165) is 0 Å². The van der Waals surface area contributed by atoms with E-state index < -0.39 is 21.5 Å². The van der Waals surface area contributed by atoms with Crippen LogP contribution in [0.15, 0.2) is 23.1 Å². The van der Waals surface area contributed by atoms with Gasteiger partial charge in [0, 0.05) is 17.1 Å². The lowest BCUT2D eigenvalue weighted by molar-refractivity contribution is -0.137. The van der Waals surface area contributed by atoms with Gasteiger partial charge in [-0.3, -0.25) is 4.79 Å². The van der Waals surface area contributed by atoms with Crippen molar-refractivity contribution in [2.24, 2.45) is 0 Å². The minimum atomic E-state index is -3.79. The van der Waals surface area contributed by atoms with E-state index in [4.69, 9.17) is 16.7 Å². The van der Waals surface area contributed by atoms with Gasteiger partial charge in [-0.05, 0) is 51.5 Å². The number of carbonyl (C=O) groups is 1. The fraction of sp³-hybridized carbons (Fsp3) is 0.500. The zero-order chi connectivity index (χ0) is 16.4. The predicted octanol–water partition coefficient (Wildman–Crippen LogP) is 2.91. The molecule has 0 spiro atoms. The number of halogens is 1. The second-order valence-electron chi connectivity index (χ2n) is 5.80. The summed E-state index contributed by atoms with van der Waals surface area (Å²) >= 11 is 5.85. The first-order chi connectivity index (χ1) is 9.46. The summed E-state index contributed by atoms with van der Waals surface area (Å²) in [5.41, 5.74) is -0.188. The third kappa shape index (κ3) is 4.43. The highest BCUT2D eigenvalue weighted by Crippen LogP contribution is 2.28. The number of aliphatic carboxylic acids is 1. The second kappa shape index (κ2) is 6.34. The minimum Gasteiger partial charge on any atom is -0.481 e. The molecule has 0 amide bonds. The molecule has 1 rings (SSSR count).